The molecule has 0 unspecified atom stereocenters. The predicted molar refractivity (Wildman–Crippen MR) is 79.5 cm³/mol. The van der Waals surface area contributed by atoms with Crippen LogP contribution in [0.15, 0.2) is 0 Å². The fourth-order valence-corrected chi connectivity index (χ4v) is 2.88. The lowest BCUT2D eigenvalue weighted by atomic mass is 9.94. The molecule has 0 atom stereocenters. The van der Waals surface area contributed by atoms with Gasteiger partial charge in [0.05, 0.1) is 0 Å². The summed E-state index contributed by atoms with van der Waals surface area (Å²) in [4.78, 5) is 2.53. The van der Waals surface area contributed by atoms with Crippen LogP contribution in [0.2, 0.25) is 0 Å². The molecule has 1 aliphatic heterocycles. The highest BCUT2D eigenvalue weighted by molar-refractivity contribution is 6.18. The van der Waals surface area contributed by atoms with Crippen LogP contribution in [0.1, 0.15) is 51.9 Å². The van der Waals surface area contributed by atoms with E-state index < -0.39 is 0 Å². The van der Waals surface area contributed by atoms with Gasteiger partial charge in [0.1, 0.15) is 0 Å². The molecule has 0 aromatic carbocycles. The summed E-state index contributed by atoms with van der Waals surface area (Å²) in [6, 6.07) is 0. The van der Waals surface area contributed by atoms with Crippen molar-refractivity contribution in [1.29, 1.82) is 0 Å². The van der Waals surface area contributed by atoms with E-state index in [9.17, 15) is 0 Å². The molecule has 3 heteroatoms. The highest BCUT2D eigenvalue weighted by atomic mass is 35.5. The highest BCUT2D eigenvalue weighted by Crippen LogP contribution is 2.20. The van der Waals surface area contributed by atoms with Crippen LogP contribution in [-0.4, -0.2) is 43.6 Å². The molecule has 0 aromatic rings. The second-order valence-electron chi connectivity index (χ2n) is 5.44. The first-order valence-electron chi connectivity index (χ1n) is 7.73. The number of unbranched alkanes of at least 4 members (excludes halogenated alkanes) is 2. The monoisotopic (exact) mass is 275 g/mol. The third-order valence-electron chi connectivity index (χ3n) is 3.91. The minimum atomic E-state index is 0.768. The molecule has 108 valence electrons. The minimum Gasteiger partial charge on any atom is -0.381 e. The van der Waals surface area contributed by atoms with Crippen LogP contribution in [0.25, 0.3) is 0 Å². The molecule has 1 aliphatic rings. The second-order valence-corrected chi connectivity index (χ2v) is 5.81. The fraction of sp³-hybridized carbons (Fsp3) is 1.00. The van der Waals surface area contributed by atoms with Crippen molar-refractivity contribution in [2.75, 3.05) is 38.7 Å². The first kappa shape index (κ1) is 16.3. The molecule has 2 nitrogen and oxygen atoms in total. The molecule has 0 N–H and O–H groups in total. The number of alkyl halides is 1. The van der Waals surface area contributed by atoms with E-state index in [1.807, 2.05) is 0 Å². The van der Waals surface area contributed by atoms with Gasteiger partial charge < -0.3 is 9.64 Å². The Morgan fingerprint density at radius 1 is 1.06 bits per heavy atom. The van der Waals surface area contributed by atoms with Gasteiger partial charge in [0.2, 0.25) is 0 Å². The van der Waals surface area contributed by atoms with E-state index in [0.29, 0.717) is 0 Å². The van der Waals surface area contributed by atoms with E-state index in [1.165, 1.54) is 58.0 Å². The Hall–Kier alpha value is 0.210. The zero-order valence-electron chi connectivity index (χ0n) is 12.0. The van der Waals surface area contributed by atoms with Gasteiger partial charge in [-0.05, 0) is 44.7 Å². The molecular formula is C15H30ClNO. The topological polar surface area (TPSA) is 12.5 Å². The van der Waals surface area contributed by atoms with Gasteiger partial charge in [0, 0.05) is 25.6 Å². The number of nitrogens with zero attached hydrogens (tertiary/aromatic N) is 1. The normalized spacial score (nSPS) is 17.5. The van der Waals surface area contributed by atoms with Crippen molar-refractivity contribution in [3.8, 4) is 0 Å². The van der Waals surface area contributed by atoms with E-state index in [4.69, 9.17) is 16.3 Å². The lowest BCUT2D eigenvalue weighted by Gasteiger charge is -2.23. The smallest absolute Gasteiger partial charge is 0.0468 e. The Labute approximate surface area is 118 Å². The third-order valence-corrected chi connectivity index (χ3v) is 4.08. The van der Waals surface area contributed by atoms with Crippen molar-refractivity contribution in [3.05, 3.63) is 0 Å². The molecule has 0 spiro atoms. The van der Waals surface area contributed by atoms with Crippen LogP contribution < -0.4 is 0 Å². The molecule has 1 fully saturated rings. The van der Waals surface area contributed by atoms with E-state index in [1.54, 1.807) is 0 Å². The van der Waals surface area contributed by atoms with Crippen molar-refractivity contribution in [2.24, 2.45) is 5.92 Å². The van der Waals surface area contributed by atoms with Crippen molar-refractivity contribution in [3.63, 3.8) is 0 Å². The molecular weight excluding hydrogens is 246 g/mol. The summed E-state index contributed by atoms with van der Waals surface area (Å²) in [5.74, 6) is 1.69. The standard InChI is InChI=1S/C15H30ClNO/c1-2-3-10-17(12-9-16)11-5-4-6-15-7-13-18-14-8-15/h15H,2-14H2,1H3. The van der Waals surface area contributed by atoms with Gasteiger partial charge in [-0.15, -0.1) is 11.6 Å². The number of rotatable bonds is 10. The summed E-state index contributed by atoms with van der Waals surface area (Å²) < 4.78 is 5.40. The van der Waals surface area contributed by atoms with Gasteiger partial charge in [0.15, 0.2) is 0 Å². The fourth-order valence-electron chi connectivity index (χ4n) is 2.64. The molecule has 0 bridgehead atoms. The second kappa shape index (κ2) is 11.1. The van der Waals surface area contributed by atoms with Crippen LogP contribution in [-0.2, 0) is 4.74 Å². The zero-order valence-corrected chi connectivity index (χ0v) is 12.8. The molecule has 0 aromatic heterocycles. The molecule has 1 saturated heterocycles. The summed E-state index contributed by atoms with van der Waals surface area (Å²) in [5.41, 5.74) is 0. The van der Waals surface area contributed by atoms with Gasteiger partial charge in [-0.25, -0.2) is 0 Å². The predicted octanol–water partition coefficient (Wildman–Crippen LogP) is 3.92. The summed E-state index contributed by atoms with van der Waals surface area (Å²) in [6.45, 7) is 7.73. The van der Waals surface area contributed by atoms with E-state index in [-0.39, 0.29) is 0 Å². The largest absolute Gasteiger partial charge is 0.381 e. The van der Waals surface area contributed by atoms with E-state index >= 15 is 0 Å². The SMILES string of the molecule is CCCCN(CCCl)CCCCC1CCOCC1. The summed E-state index contributed by atoms with van der Waals surface area (Å²) in [5, 5.41) is 0. The highest BCUT2D eigenvalue weighted by Gasteiger charge is 2.13. The van der Waals surface area contributed by atoms with E-state index in [0.717, 1.165) is 31.6 Å². The number of ether oxygens (including phenoxy) is 1. The quantitative estimate of drug-likeness (QED) is 0.443. The van der Waals surface area contributed by atoms with Crippen LogP contribution >= 0.6 is 11.6 Å². The molecule has 0 saturated carbocycles. The van der Waals surface area contributed by atoms with Gasteiger partial charge in [-0.2, -0.15) is 0 Å². The van der Waals surface area contributed by atoms with Gasteiger partial charge >= 0.3 is 0 Å². The Morgan fingerprint density at radius 3 is 2.44 bits per heavy atom. The molecule has 0 amide bonds. The Bertz CT molecular complexity index is 183. The first-order chi connectivity index (χ1) is 8.86. The summed E-state index contributed by atoms with van der Waals surface area (Å²) in [6.07, 6.45) is 9.24. The maximum Gasteiger partial charge on any atom is 0.0468 e. The third kappa shape index (κ3) is 7.60. The minimum absolute atomic E-state index is 0.768. The summed E-state index contributed by atoms with van der Waals surface area (Å²) in [7, 11) is 0. The van der Waals surface area contributed by atoms with Crippen molar-refractivity contribution >= 4 is 11.6 Å². The average Bonchev–Trinajstić information content (AvgIpc) is 2.42. The molecule has 1 heterocycles. The van der Waals surface area contributed by atoms with E-state index in [2.05, 4.69) is 11.8 Å². The maximum absolute atomic E-state index is 5.85. The van der Waals surface area contributed by atoms with Crippen LogP contribution in [0, 0.1) is 5.92 Å². The molecule has 0 radical (unpaired) electrons. The molecule has 18 heavy (non-hydrogen) atoms. The number of halogens is 1. The van der Waals surface area contributed by atoms with Gasteiger partial charge in [-0.3, -0.25) is 0 Å². The van der Waals surface area contributed by atoms with Crippen molar-refractivity contribution in [1.82, 2.24) is 4.90 Å². The van der Waals surface area contributed by atoms with Crippen LogP contribution in [0.5, 0.6) is 0 Å². The Kier molecular flexibility index (Phi) is 10.0. The maximum atomic E-state index is 5.85. The number of hydrogen-bond donors (Lipinski definition) is 0. The Balaban J connectivity index is 2.02. The van der Waals surface area contributed by atoms with Crippen LogP contribution in [0.4, 0.5) is 0 Å². The van der Waals surface area contributed by atoms with Gasteiger partial charge in [-0.1, -0.05) is 26.2 Å². The van der Waals surface area contributed by atoms with Crippen molar-refractivity contribution < 1.29 is 4.74 Å². The first-order valence-corrected chi connectivity index (χ1v) is 8.26. The average molecular weight is 276 g/mol. The Morgan fingerprint density at radius 2 is 1.78 bits per heavy atom. The van der Waals surface area contributed by atoms with Crippen LogP contribution in [0.3, 0.4) is 0 Å². The number of hydrogen-bond acceptors (Lipinski definition) is 2. The van der Waals surface area contributed by atoms with Gasteiger partial charge in [0.25, 0.3) is 0 Å². The lowest BCUT2D eigenvalue weighted by molar-refractivity contribution is 0.0629. The zero-order chi connectivity index (χ0) is 13.1. The molecule has 0 aliphatic carbocycles. The summed E-state index contributed by atoms with van der Waals surface area (Å²) >= 11 is 5.85. The lowest BCUT2D eigenvalue weighted by Crippen LogP contribution is -2.28. The van der Waals surface area contributed by atoms with Crippen molar-refractivity contribution in [2.45, 2.75) is 51.9 Å². The molecule has 1 rings (SSSR count).